The highest BCUT2D eigenvalue weighted by atomic mass is 16.2. The number of aromatic nitrogens is 2. The fraction of sp³-hybridized carbons (Fsp3) is 0.375. The number of hydrogen-bond donors (Lipinski definition) is 2. The second-order valence-corrected chi connectivity index (χ2v) is 5.44. The molecule has 1 saturated heterocycles. The van der Waals surface area contributed by atoms with Crippen LogP contribution >= 0.6 is 0 Å². The largest absolute Gasteiger partial charge is 0.331 e. The second kappa shape index (κ2) is 6.10. The Kier molecular flexibility index (Phi) is 4.01. The summed E-state index contributed by atoms with van der Waals surface area (Å²) in [6.07, 6.45) is 6.89. The molecule has 0 aliphatic carbocycles. The maximum Gasteiger partial charge on any atom is 0.254 e. The maximum absolute atomic E-state index is 12.8. The minimum absolute atomic E-state index is 0.0875. The predicted octanol–water partition coefficient (Wildman–Crippen LogP) is 2.24. The summed E-state index contributed by atoms with van der Waals surface area (Å²) in [5.41, 5.74) is 8.45. The van der Waals surface area contributed by atoms with E-state index in [9.17, 15) is 4.79 Å². The van der Waals surface area contributed by atoms with Crippen molar-refractivity contribution in [3.05, 3.63) is 53.3 Å². The van der Waals surface area contributed by atoms with Crippen LogP contribution in [0.15, 0.2) is 36.7 Å². The van der Waals surface area contributed by atoms with E-state index in [4.69, 9.17) is 5.73 Å². The summed E-state index contributed by atoms with van der Waals surface area (Å²) in [6, 6.07) is 7.70. The molecule has 2 heterocycles. The van der Waals surface area contributed by atoms with Gasteiger partial charge in [-0.15, -0.1) is 0 Å². The summed E-state index contributed by atoms with van der Waals surface area (Å²) in [7, 11) is 0. The van der Waals surface area contributed by atoms with Gasteiger partial charge in [-0.05, 0) is 37.0 Å². The van der Waals surface area contributed by atoms with E-state index < -0.39 is 0 Å². The summed E-state index contributed by atoms with van der Waals surface area (Å²) in [5, 5.41) is 6.85. The van der Waals surface area contributed by atoms with Crippen molar-refractivity contribution in [3.63, 3.8) is 0 Å². The summed E-state index contributed by atoms with van der Waals surface area (Å²) < 4.78 is 0. The molecule has 1 aromatic carbocycles. The molecule has 5 nitrogen and oxygen atoms in total. The van der Waals surface area contributed by atoms with Gasteiger partial charge in [0.15, 0.2) is 0 Å². The van der Waals surface area contributed by atoms with Crippen LogP contribution in [0.25, 0.3) is 0 Å². The number of amides is 1. The molecule has 0 bridgehead atoms. The number of likely N-dealkylation sites (tertiary alicyclic amines) is 1. The van der Waals surface area contributed by atoms with Crippen molar-refractivity contribution < 1.29 is 4.79 Å². The highest BCUT2D eigenvalue weighted by molar-refractivity contribution is 5.94. The lowest BCUT2D eigenvalue weighted by Gasteiger charge is -2.35. The van der Waals surface area contributed by atoms with Gasteiger partial charge in [0.2, 0.25) is 0 Å². The molecule has 3 rings (SSSR count). The molecule has 1 aliphatic rings. The molecule has 1 atom stereocenters. The number of H-pyrrole nitrogens is 1. The number of nitrogens with zero attached hydrogens (tertiary/aromatic N) is 2. The number of carbonyl (C=O) groups excluding carboxylic acids is 1. The van der Waals surface area contributed by atoms with Gasteiger partial charge in [-0.25, -0.2) is 0 Å². The van der Waals surface area contributed by atoms with Gasteiger partial charge in [0, 0.05) is 30.4 Å². The van der Waals surface area contributed by atoms with Crippen molar-refractivity contribution in [1.29, 1.82) is 0 Å². The maximum atomic E-state index is 12.8. The molecule has 1 fully saturated rings. The number of carbonyl (C=O) groups is 1. The Morgan fingerprint density at radius 1 is 1.33 bits per heavy atom. The molecule has 3 N–H and O–H groups in total. The van der Waals surface area contributed by atoms with Gasteiger partial charge in [0.05, 0.1) is 12.2 Å². The fourth-order valence-electron chi connectivity index (χ4n) is 2.91. The number of aromatic amines is 1. The minimum atomic E-state index is 0.0875. The van der Waals surface area contributed by atoms with E-state index in [2.05, 4.69) is 10.2 Å². The molecule has 0 spiro atoms. The van der Waals surface area contributed by atoms with E-state index in [1.165, 1.54) is 0 Å². The predicted molar refractivity (Wildman–Crippen MR) is 80.5 cm³/mol. The lowest BCUT2D eigenvalue weighted by Crippen LogP contribution is -2.38. The third-order valence-corrected chi connectivity index (χ3v) is 4.10. The van der Waals surface area contributed by atoms with E-state index in [-0.39, 0.29) is 11.9 Å². The Balaban J connectivity index is 1.83. The summed E-state index contributed by atoms with van der Waals surface area (Å²) in [4.78, 5) is 14.7. The summed E-state index contributed by atoms with van der Waals surface area (Å²) in [6.45, 7) is 1.29. The number of nitrogens with two attached hydrogens (primary N) is 1. The number of piperidine rings is 1. The van der Waals surface area contributed by atoms with Gasteiger partial charge in [-0.3, -0.25) is 9.89 Å². The molecular weight excluding hydrogens is 264 g/mol. The molecule has 21 heavy (non-hydrogen) atoms. The molecule has 1 unspecified atom stereocenters. The van der Waals surface area contributed by atoms with Crippen molar-refractivity contribution in [2.24, 2.45) is 5.73 Å². The average molecular weight is 284 g/mol. The van der Waals surface area contributed by atoms with Crippen LogP contribution in [0.5, 0.6) is 0 Å². The van der Waals surface area contributed by atoms with Gasteiger partial charge in [0.25, 0.3) is 5.91 Å². The van der Waals surface area contributed by atoms with Gasteiger partial charge >= 0.3 is 0 Å². The standard InChI is InChI=1S/C16H20N4O/c17-9-12-4-6-13(7-5-12)16(21)20-8-2-1-3-15(20)14-10-18-19-11-14/h4-7,10-11,15H,1-3,8-9,17H2,(H,18,19). The molecule has 110 valence electrons. The highest BCUT2D eigenvalue weighted by Crippen LogP contribution is 2.31. The zero-order valence-corrected chi connectivity index (χ0v) is 12.0. The van der Waals surface area contributed by atoms with Crippen LogP contribution in [-0.2, 0) is 6.54 Å². The van der Waals surface area contributed by atoms with E-state index >= 15 is 0 Å². The third-order valence-electron chi connectivity index (χ3n) is 4.10. The van der Waals surface area contributed by atoms with Crippen LogP contribution in [0.1, 0.15) is 46.8 Å². The first kappa shape index (κ1) is 13.8. The van der Waals surface area contributed by atoms with Crippen LogP contribution in [0.4, 0.5) is 0 Å². The second-order valence-electron chi connectivity index (χ2n) is 5.44. The quantitative estimate of drug-likeness (QED) is 0.907. The normalized spacial score (nSPS) is 18.7. The fourth-order valence-corrected chi connectivity index (χ4v) is 2.91. The Bertz CT molecular complexity index is 591. The zero-order chi connectivity index (χ0) is 14.7. The van der Waals surface area contributed by atoms with Gasteiger partial charge < -0.3 is 10.6 Å². The van der Waals surface area contributed by atoms with Gasteiger partial charge in [-0.1, -0.05) is 12.1 Å². The highest BCUT2D eigenvalue weighted by Gasteiger charge is 2.29. The molecule has 1 aromatic heterocycles. The van der Waals surface area contributed by atoms with Crippen molar-refractivity contribution in [1.82, 2.24) is 15.1 Å². The van der Waals surface area contributed by atoms with E-state index in [1.54, 1.807) is 0 Å². The van der Waals surface area contributed by atoms with Crippen LogP contribution in [0.2, 0.25) is 0 Å². The average Bonchev–Trinajstić information content (AvgIpc) is 3.08. The van der Waals surface area contributed by atoms with Gasteiger partial charge in [-0.2, -0.15) is 5.10 Å². The number of hydrogen-bond acceptors (Lipinski definition) is 3. The van der Waals surface area contributed by atoms with Crippen molar-refractivity contribution in [2.75, 3.05) is 6.54 Å². The van der Waals surface area contributed by atoms with E-state index in [0.29, 0.717) is 6.54 Å². The van der Waals surface area contributed by atoms with Crippen molar-refractivity contribution >= 4 is 5.91 Å². The third kappa shape index (κ3) is 2.83. The molecule has 0 radical (unpaired) electrons. The molecular formula is C16H20N4O. The molecule has 1 amide bonds. The Morgan fingerprint density at radius 3 is 2.81 bits per heavy atom. The number of rotatable bonds is 3. The SMILES string of the molecule is NCc1ccc(C(=O)N2CCCCC2c2cn[nH]c2)cc1. The van der Waals surface area contributed by atoms with E-state index in [1.807, 2.05) is 41.6 Å². The first-order valence-electron chi connectivity index (χ1n) is 7.38. The number of benzene rings is 1. The summed E-state index contributed by atoms with van der Waals surface area (Å²) >= 11 is 0. The Hall–Kier alpha value is -2.14. The lowest BCUT2D eigenvalue weighted by atomic mass is 9.96. The Labute approximate surface area is 124 Å². The molecule has 0 saturated carbocycles. The first-order chi connectivity index (χ1) is 10.3. The minimum Gasteiger partial charge on any atom is -0.331 e. The van der Waals surface area contributed by atoms with Crippen LogP contribution in [-0.4, -0.2) is 27.5 Å². The van der Waals surface area contributed by atoms with Crippen LogP contribution in [0.3, 0.4) is 0 Å². The topological polar surface area (TPSA) is 75.0 Å². The van der Waals surface area contributed by atoms with Crippen molar-refractivity contribution in [3.8, 4) is 0 Å². The monoisotopic (exact) mass is 284 g/mol. The molecule has 2 aromatic rings. The zero-order valence-electron chi connectivity index (χ0n) is 12.0. The molecule has 1 aliphatic heterocycles. The Morgan fingerprint density at radius 2 is 2.14 bits per heavy atom. The molecule has 5 heteroatoms. The first-order valence-corrected chi connectivity index (χ1v) is 7.38. The summed E-state index contributed by atoms with van der Waals surface area (Å²) in [5.74, 6) is 0.0875. The van der Waals surface area contributed by atoms with E-state index in [0.717, 1.165) is 42.5 Å². The van der Waals surface area contributed by atoms with Crippen molar-refractivity contribution in [2.45, 2.75) is 31.8 Å². The number of nitrogens with one attached hydrogen (secondary N) is 1. The van der Waals surface area contributed by atoms with Gasteiger partial charge in [0.1, 0.15) is 0 Å². The smallest absolute Gasteiger partial charge is 0.254 e. The van der Waals surface area contributed by atoms with Crippen LogP contribution in [0, 0.1) is 0 Å². The van der Waals surface area contributed by atoms with Crippen LogP contribution < -0.4 is 5.73 Å². The lowest BCUT2D eigenvalue weighted by molar-refractivity contribution is 0.0611.